The van der Waals surface area contributed by atoms with Crippen molar-refractivity contribution in [1.29, 1.82) is 0 Å². The topological polar surface area (TPSA) is 92.7 Å². The van der Waals surface area contributed by atoms with Gasteiger partial charge in [-0.2, -0.15) is 0 Å². The first-order chi connectivity index (χ1) is 9.93. The van der Waals surface area contributed by atoms with Crippen molar-refractivity contribution < 1.29 is 23.1 Å². The van der Waals surface area contributed by atoms with Crippen molar-refractivity contribution in [2.45, 2.75) is 25.3 Å². The molecule has 1 unspecified atom stereocenters. The fraction of sp³-hybridized carbons (Fsp3) is 0.500. The van der Waals surface area contributed by atoms with Crippen LogP contribution in [0.1, 0.15) is 18.4 Å². The van der Waals surface area contributed by atoms with E-state index in [1.807, 2.05) is 30.3 Å². The molecule has 0 amide bonds. The normalized spacial score (nSPS) is 13.0. The second kappa shape index (κ2) is 8.76. The highest BCUT2D eigenvalue weighted by molar-refractivity contribution is 7.89. The van der Waals surface area contributed by atoms with E-state index in [-0.39, 0.29) is 25.2 Å². The van der Waals surface area contributed by atoms with Gasteiger partial charge in [0.25, 0.3) is 0 Å². The fourth-order valence-corrected chi connectivity index (χ4v) is 3.12. The Morgan fingerprint density at radius 3 is 2.57 bits per heavy atom. The van der Waals surface area contributed by atoms with E-state index in [1.54, 1.807) is 0 Å². The zero-order valence-corrected chi connectivity index (χ0v) is 12.8. The number of sulfonamides is 1. The molecule has 1 aromatic carbocycles. The smallest absolute Gasteiger partial charge is 0.303 e. The number of benzene rings is 1. The van der Waals surface area contributed by atoms with E-state index in [1.165, 1.54) is 7.11 Å². The second-order valence-corrected chi connectivity index (χ2v) is 6.62. The molecule has 0 fully saturated rings. The Bertz CT molecular complexity index is 530. The number of hydrogen-bond acceptors (Lipinski definition) is 4. The number of aliphatic carboxylic acids is 1. The van der Waals surface area contributed by atoms with Gasteiger partial charge in [-0.15, -0.1) is 0 Å². The van der Waals surface area contributed by atoms with Gasteiger partial charge in [-0.25, -0.2) is 13.1 Å². The molecule has 1 aromatic rings. The molecule has 0 saturated carbocycles. The van der Waals surface area contributed by atoms with Crippen molar-refractivity contribution in [2.75, 3.05) is 19.5 Å². The summed E-state index contributed by atoms with van der Waals surface area (Å²) < 4.78 is 31.1. The Kier molecular flexibility index (Phi) is 7.35. The van der Waals surface area contributed by atoms with Crippen LogP contribution in [0.2, 0.25) is 0 Å². The number of methoxy groups -OCH3 is 1. The van der Waals surface area contributed by atoms with Crippen LogP contribution in [0.15, 0.2) is 30.3 Å². The van der Waals surface area contributed by atoms with Crippen LogP contribution in [-0.2, 0) is 26.0 Å². The molecular weight excluding hydrogens is 294 g/mol. The third kappa shape index (κ3) is 7.79. The van der Waals surface area contributed by atoms with Crippen molar-refractivity contribution in [1.82, 2.24) is 4.72 Å². The molecule has 0 aromatic heterocycles. The summed E-state index contributed by atoms with van der Waals surface area (Å²) >= 11 is 0. The lowest BCUT2D eigenvalue weighted by Gasteiger charge is -2.18. The lowest BCUT2D eigenvalue weighted by Crippen LogP contribution is -2.39. The van der Waals surface area contributed by atoms with Crippen LogP contribution in [0, 0.1) is 0 Å². The Morgan fingerprint density at radius 2 is 2.00 bits per heavy atom. The molecule has 7 heteroatoms. The molecule has 118 valence electrons. The minimum absolute atomic E-state index is 0.0791. The lowest BCUT2D eigenvalue weighted by atomic mass is 10.0. The van der Waals surface area contributed by atoms with Gasteiger partial charge < -0.3 is 9.84 Å². The number of carboxylic acid groups (broad SMARTS) is 1. The van der Waals surface area contributed by atoms with Gasteiger partial charge in [-0.05, 0) is 18.4 Å². The predicted molar refractivity (Wildman–Crippen MR) is 79.6 cm³/mol. The minimum atomic E-state index is -3.48. The van der Waals surface area contributed by atoms with Crippen LogP contribution in [0.5, 0.6) is 0 Å². The van der Waals surface area contributed by atoms with Gasteiger partial charge in [0.15, 0.2) is 0 Å². The molecule has 0 bridgehead atoms. The molecule has 21 heavy (non-hydrogen) atoms. The predicted octanol–water partition coefficient (Wildman–Crippen LogP) is 1.03. The summed E-state index contributed by atoms with van der Waals surface area (Å²) in [6.07, 6.45) is 0.626. The first kappa shape index (κ1) is 17.6. The average molecular weight is 315 g/mol. The van der Waals surface area contributed by atoms with Gasteiger partial charge >= 0.3 is 5.97 Å². The quantitative estimate of drug-likeness (QED) is 0.672. The summed E-state index contributed by atoms with van der Waals surface area (Å²) in [5.41, 5.74) is 0.960. The molecule has 0 aliphatic rings. The van der Waals surface area contributed by atoms with Crippen molar-refractivity contribution in [3.05, 3.63) is 35.9 Å². The molecule has 0 spiro atoms. The largest absolute Gasteiger partial charge is 0.481 e. The van der Waals surface area contributed by atoms with Crippen molar-refractivity contribution >= 4 is 16.0 Å². The highest BCUT2D eigenvalue weighted by Crippen LogP contribution is 2.09. The fourth-order valence-electron chi connectivity index (χ4n) is 1.90. The summed E-state index contributed by atoms with van der Waals surface area (Å²) in [6.45, 7) is 0.103. The van der Waals surface area contributed by atoms with Crippen LogP contribution < -0.4 is 4.72 Å². The summed E-state index contributed by atoms with van der Waals surface area (Å²) in [7, 11) is -2.05. The minimum Gasteiger partial charge on any atom is -0.481 e. The van der Waals surface area contributed by atoms with E-state index in [4.69, 9.17) is 9.84 Å². The van der Waals surface area contributed by atoms with E-state index in [9.17, 15) is 13.2 Å². The third-order valence-electron chi connectivity index (χ3n) is 2.93. The van der Waals surface area contributed by atoms with Gasteiger partial charge in [0.1, 0.15) is 0 Å². The van der Waals surface area contributed by atoms with Crippen molar-refractivity contribution in [3.8, 4) is 0 Å². The zero-order chi connectivity index (χ0) is 15.7. The summed E-state index contributed by atoms with van der Waals surface area (Å²) in [4.78, 5) is 10.7. The second-order valence-electron chi connectivity index (χ2n) is 4.75. The number of hydrogen-bond donors (Lipinski definition) is 2. The molecular formula is C14H21NO5S. The molecule has 1 rings (SSSR count). The zero-order valence-electron chi connectivity index (χ0n) is 12.0. The maximum absolute atomic E-state index is 11.9. The van der Waals surface area contributed by atoms with E-state index in [0.29, 0.717) is 6.42 Å². The first-order valence-corrected chi connectivity index (χ1v) is 8.33. The Balaban J connectivity index is 2.70. The molecule has 2 N–H and O–H groups in total. The average Bonchev–Trinajstić information content (AvgIpc) is 2.43. The number of nitrogens with one attached hydrogen (secondary N) is 1. The SMILES string of the molecule is COCCS(=O)(=O)NC(CCC(=O)O)Cc1ccccc1. The van der Waals surface area contributed by atoms with Crippen LogP contribution in [0.4, 0.5) is 0 Å². The standard InChI is InChI=1S/C14H21NO5S/c1-20-9-10-21(18,19)15-13(7-8-14(16)17)11-12-5-3-2-4-6-12/h2-6,13,15H,7-11H2,1H3,(H,16,17). The lowest BCUT2D eigenvalue weighted by molar-refractivity contribution is -0.137. The van der Waals surface area contributed by atoms with Gasteiger partial charge in [0.05, 0.1) is 12.4 Å². The van der Waals surface area contributed by atoms with E-state index < -0.39 is 22.0 Å². The van der Waals surface area contributed by atoms with Crippen molar-refractivity contribution in [2.24, 2.45) is 0 Å². The molecule has 0 radical (unpaired) electrons. The van der Waals surface area contributed by atoms with Gasteiger partial charge in [-0.1, -0.05) is 30.3 Å². The van der Waals surface area contributed by atoms with Gasteiger partial charge in [-0.3, -0.25) is 4.79 Å². The number of ether oxygens (including phenoxy) is 1. The molecule has 1 atom stereocenters. The Morgan fingerprint density at radius 1 is 1.33 bits per heavy atom. The van der Waals surface area contributed by atoms with Crippen LogP contribution >= 0.6 is 0 Å². The maximum atomic E-state index is 11.9. The highest BCUT2D eigenvalue weighted by atomic mass is 32.2. The molecule has 6 nitrogen and oxygen atoms in total. The van der Waals surface area contributed by atoms with Crippen LogP contribution in [0.25, 0.3) is 0 Å². The molecule has 0 heterocycles. The summed E-state index contributed by atoms with van der Waals surface area (Å²) in [6, 6.07) is 8.93. The molecule has 0 aliphatic carbocycles. The van der Waals surface area contributed by atoms with Crippen LogP contribution in [0.3, 0.4) is 0 Å². The van der Waals surface area contributed by atoms with E-state index >= 15 is 0 Å². The van der Waals surface area contributed by atoms with Crippen molar-refractivity contribution in [3.63, 3.8) is 0 Å². The number of carbonyl (C=O) groups is 1. The number of carboxylic acids is 1. The number of rotatable bonds is 10. The highest BCUT2D eigenvalue weighted by Gasteiger charge is 2.19. The Hall–Kier alpha value is -1.44. The van der Waals surface area contributed by atoms with E-state index in [0.717, 1.165) is 5.56 Å². The first-order valence-electron chi connectivity index (χ1n) is 6.67. The Labute approximate surface area is 125 Å². The molecule has 0 saturated heterocycles. The molecule has 0 aliphatic heterocycles. The van der Waals surface area contributed by atoms with Crippen LogP contribution in [-0.4, -0.2) is 45.0 Å². The maximum Gasteiger partial charge on any atom is 0.303 e. The monoisotopic (exact) mass is 315 g/mol. The van der Waals surface area contributed by atoms with Gasteiger partial charge in [0.2, 0.25) is 10.0 Å². The summed E-state index contributed by atoms with van der Waals surface area (Å²) in [5.74, 6) is -1.08. The van der Waals surface area contributed by atoms with Gasteiger partial charge in [0, 0.05) is 19.6 Å². The third-order valence-corrected chi connectivity index (χ3v) is 4.33. The summed E-state index contributed by atoms with van der Waals surface area (Å²) in [5, 5.41) is 8.77. The van der Waals surface area contributed by atoms with E-state index in [2.05, 4.69) is 4.72 Å².